The molecule has 0 saturated carbocycles. The number of rotatable bonds is 3. The number of nitrogens with one attached hydrogen (secondary N) is 2. The second kappa shape index (κ2) is 5.99. The van der Waals surface area contributed by atoms with Gasteiger partial charge in [0.05, 0.1) is 6.54 Å². The number of likely N-dealkylation sites (tertiary alicyclic amines) is 1. The van der Waals surface area contributed by atoms with Gasteiger partial charge < -0.3 is 10.7 Å². The van der Waals surface area contributed by atoms with Gasteiger partial charge in [-0.3, -0.25) is 19.8 Å². The summed E-state index contributed by atoms with van der Waals surface area (Å²) < 4.78 is 0. The molecule has 2 unspecified atom stereocenters. The van der Waals surface area contributed by atoms with Crippen LogP contribution in [0.3, 0.4) is 0 Å². The number of piperidine rings is 1. The van der Waals surface area contributed by atoms with Gasteiger partial charge in [0.1, 0.15) is 5.69 Å². The normalized spacial score (nSPS) is 24.1. The number of aromatic nitrogens is 1. The molecule has 0 aliphatic carbocycles. The Morgan fingerprint density at radius 1 is 1.58 bits per heavy atom. The van der Waals surface area contributed by atoms with Gasteiger partial charge in [0.25, 0.3) is 5.91 Å². The summed E-state index contributed by atoms with van der Waals surface area (Å²) in [5.74, 6) is -0.203. The fourth-order valence-electron chi connectivity index (χ4n) is 2.22. The number of hydrogen-bond donors (Lipinski definition) is 3. The summed E-state index contributed by atoms with van der Waals surface area (Å²) in [5.41, 5.74) is 6.36. The molecule has 104 valence electrons. The highest BCUT2D eigenvalue weighted by Crippen LogP contribution is 2.14. The van der Waals surface area contributed by atoms with Crippen molar-refractivity contribution in [2.24, 2.45) is 11.7 Å². The van der Waals surface area contributed by atoms with E-state index >= 15 is 0 Å². The van der Waals surface area contributed by atoms with Gasteiger partial charge in [-0.1, -0.05) is 6.92 Å². The van der Waals surface area contributed by atoms with Crippen LogP contribution in [-0.2, 0) is 4.79 Å². The van der Waals surface area contributed by atoms with E-state index < -0.39 is 5.91 Å². The van der Waals surface area contributed by atoms with Crippen LogP contribution in [0.5, 0.6) is 0 Å². The minimum Gasteiger partial charge on any atom is -0.357 e. The van der Waals surface area contributed by atoms with Crippen molar-refractivity contribution in [2.75, 3.05) is 19.6 Å². The van der Waals surface area contributed by atoms with Crippen molar-refractivity contribution in [3.63, 3.8) is 0 Å². The molecule has 0 bridgehead atoms. The number of carbonyl (C=O) groups is 2. The molecular formula is C13H20N4O2. The Kier molecular flexibility index (Phi) is 4.34. The van der Waals surface area contributed by atoms with Crippen LogP contribution in [0.2, 0.25) is 0 Å². The minimum absolute atomic E-state index is 0.0978. The molecule has 2 rings (SSSR count). The third-order valence-corrected chi connectivity index (χ3v) is 3.56. The molecule has 1 aliphatic rings. The molecule has 19 heavy (non-hydrogen) atoms. The summed E-state index contributed by atoms with van der Waals surface area (Å²) in [6.45, 7) is 3.88. The maximum atomic E-state index is 11.8. The number of H-pyrrole nitrogens is 1. The molecule has 1 aliphatic heterocycles. The third-order valence-electron chi connectivity index (χ3n) is 3.56. The zero-order valence-corrected chi connectivity index (χ0v) is 11.1. The molecule has 2 heterocycles. The van der Waals surface area contributed by atoms with Gasteiger partial charge in [0.2, 0.25) is 5.91 Å². The number of nitrogens with two attached hydrogens (primary N) is 1. The Bertz CT molecular complexity index is 444. The predicted octanol–water partition coefficient (Wildman–Crippen LogP) is -0.0598. The third kappa shape index (κ3) is 3.65. The van der Waals surface area contributed by atoms with Gasteiger partial charge >= 0.3 is 0 Å². The zero-order chi connectivity index (χ0) is 13.8. The number of amides is 2. The first kappa shape index (κ1) is 13.8. The average molecular weight is 264 g/mol. The lowest BCUT2D eigenvalue weighted by atomic mass is 9.94. The Labute approximate surface area is 112 Å². The van der Waals surface area contributed by atoms with Gasteiger partial charge in [-0.25, -0.2) is 0 Å². The van der Waals surface area contributed by atoms with E-state index in [4.69, 9.17) is 5.73 Å². The van der Waals surface area contributed by atoms with Crippen molar-refractivity contribution >= 4 is 11.8 Å². The molecule has 2 atom stereocenters. The molecule has 1 aromatic rings. The van der Waals surface area contributed by atoms with Crippen LogP contribution in [0.25, 0.3) is 0 Å². The highest BCUT2D eigenvalue weighted by atomic mass is 16.2. The van der Waals surface area contributed by atoms with E-state index in [1.54, 1.807) is 18.3 Å². The summed E-state index contributed by atoms with van der Waals surface area (Å²) in [5, 5.41) is 2.36. The zero-order valence-electron chi connectivity index (χ0n) is 11.1. The van der Waals surface area contributed by atoms with Crippen LogP contribution in [0.1, 0.15) is 23.8 Å². The van der Waals surface area contributed by atoms with Gasteiger partial charge in [0.15, 0.2) is 0 Å². The quantitative estimate of drug-likeness (QED) is 0.713. The van der Waals surface area contributed by atoms with E-state index in [0.717, 1.165) is 13.0 Å². The topological polar surface area (TPSA) is 91.2 Å². The van der Waals surface area contributed by atoms with E-state index in [1.165, 1.54) is 0 Å². The number of hydrogen-bond acceptors (Lipinski definition) is 4. The molecular weight excluding hydrogens is 244 g/mol. The van der Waals surface area contributed by atoms with Crippen LogP contribution >= 0.6 is 0 Å². The first-order chi connectivity index (χ1) is 9.06. The van der Waals surface area contributed by atoms with Crippen LogP contribution in [0.15, 0.2) is 18.3 Å². The lowest BCUT2D eigenvalue weighted by molar-refractivity contribution is -0.121. The largest absolute Gasteiger partial charge is 0.357 e. The SMILES string of the molecule is CC1CCN(CC(=O)NC(=O)c2ccc[nH]2)CC1N. The van der Waals surface area contributed by atoms with Crippen LogP contribution in [0.4, 0.5) is 0 Å². The smallest absolute Gasteiger partial charge is 0.274 e. The second-order valence-electron chi connectivity index (χ2n) is 5.13. The van der Waals surface area contributed by atoms with Crippen molar-refractivity contribution in [3.05, 3.63) is 24.0 Å². The summed E-state index contributed by atoms with van der Waals surface area (Å²) >= 11 is 0. The van der Waals surface area contributed by atoms with Gasteiger partial charge in [-0.05, 0) is 31.0 Å². The maximum Gasteiger partial charge on any atom is 0.274 e. The lowest BCUT2D eigenvalue weighted by Crippen LogP contribution is -2.50. The summed E-state index contributed by atoms with van der Waals surface area (Å²) in [6, 6.07) is 3.44. The number of imide groups is 1. The van der Waals surface area contributed by atoms with Crippen molar-refractivity contribution < 1.29 is 9.59 Å². The first-order valence-electron chi connectivity index (χ1n) is 6.52. The Morgan fingerprint density at radius 2 is 2.37 bits per heavy atom. The molecule has 2 amide bonds. The maximum absolute atomic E-state index is 11.8. The van der Waals surface area contributed by atoms with Crippen LogP contribution < -0.4 is 11.1 Å². The molecule has 1 aromatic heterocycles. The Balaban J connectivity index is 1.80. The molecule has 0 aromatic carbocycles. The van der Waals surface area contributed by atoms with Crippen molar-refractivity contribution in [2.45, 2.75) is 19.4 Å². The highest BCUT2D eigenvalue weighted by molar-refractivity contribution is 6.04. The second-order valence-corrected chi connectivity index (χ2v) is 5.13. The van der Waals surface area contributed by atoms with Crippen molar-refractivity contribution in [1.82, 2.24) is 15.2 Å². The van der Waals surface area contributed by atoms with Gasteiger partial charge in [-0.15, -0.1) is 0 Å². The Morgan fingerprint density at radius 3 is 3.00 bits per heavy atom. The molecule has 0 spiro atoms. The van der Waals surface area contributed by atoms with Crippen LogP contribution in [0, 0.1) is 5.92 Å². The van der Waals surface area contributed by atoms with Crippen molar-refractivity contribution in [1.29, 1.82) is 0 Å². The average Bonchev–Trinajstić information content (AvgIpc) is 2.87. The van der Waals surface area contributed by atoms with Gasteiger partial charge in [0, 0.05) is 18.8 Å². The number of nitrogens with zero attached hydrogens (tertiary/aromatic N) is 1. The van der Waals surface area contributed by atoms with E-state index in [0.29, 0.717) is 18.2 Å². The van der Waals surface area contributed by atoms with E-state index in [-0.39, 0.29) is 18.5 Å². The molecule has 1 fully saturated rings. The first-order valence-corrected chi connectivity index (χ1v) is 6.52. The molecule has 4 N–H and O–H groups in total. The number of aromatic amines is 1. The molecule has 6 heteroatoms. The monoisotopic (exact) mass is 264 g/mol. The highest BCUT2D eigenvalue weighted by Gasteiger charge is 2.24. The fraction of sp³-hybridized carbons (Fsp3) is 0.538. The van der Waals surface area contributed by atoms with Gasteiger partial charge in [-0.2, -0.15) is 0 Å². The number of carbonyl (C=O) groups excluding carboxylic acids is 2. The van der Waals surface area contributed by atoms with Crippen molar-refractivity contribution in [3.8, 4) is 0 Å². The standard InChI is InChI=1S/C13H20N4O2/c1-9-4-6-17(7-10(9)14)8-12(18)16-13(19)11-3-2-5-15-11/h2-3,5,9-10,15H,4,6-8,14H2,1H3,(H,16,18,19). The minimum atomic E-state index is -0.398. The molecule has 1 saturated heterocycles. The van der Waals surface area contributed by atoms with E-state index in [1.807, 2.05) is 4.90 Å². The molecule has 6 nitrogen and oxygen atoms in total. The lowest BCUT2D eigenvalue weighted by Gasteiger charge is -2.34. The predicted molar refractivity (Wildman–Crippen MR) is 71.5 cm³/mol. The van der Waals surface area contributed by atoms with Crippen LogP contribution in [-0.4, -0.2) is 47.4 Å². The summed E-state index contributed by atoms with van der Waals surface area (Å²) in [7, 11) is 0. The summed E-state index contributed by atoms with van der Waals surface area (Å²) in [4.78, 5) is 28.2. The molecule has 0 radical (unpaired) electrons. The van der Waals surface area contributed by atoms with E-state index in [2.05, 4.69) is 17.2 Å². The summed E-state index contributed by atoms with van der Waals surface area (Å²) in [6.07, 6.45) is 2.63. The van der Waals surface area contributed by atoms with E-state index in [9.17, 15) is 9.59 Å². The fourth-order valence-corrected chi connectivity index (χ4v) is 2.22. The Hall–Kier alpha value is -1.66.